The molecule has 0 aliphatic rings. The summed E-state index contributed by atoms with van der Waals surface area (Å²) in [5.41, 5.74) is 2.82. The van der Waals surface area contributed by atoms with Crippen LogP contribution in [0.25, 0.3) is 11.3 Å². The molecule has 2 aromatic rings. The lowest BCUT2D eigenvalue weighted by molar-refractivity contribution is 0.412. The van der Waals surface area contributed by atoms with E-state index in [9.17, 15) is 0 Å². The Hall–Kier alpha value is -2.08. The lowest BCUT2D eigenvalue weighted by Gasteiger charge is -1.95. The van der Waals surface area contributed by atoms with Gasteiger partial charge in [-0.15, -0.1) is 0 Å². The van der Waals surface area contributed by atoms with Crippen LogP contribution < -0.4 is 0 Å². The molecule has 0 N–H and O–H groups in total. The standard InChI is InChI=1S/C11H8N2O/c1-8-3-2-4-9(5-8)11-6-10(7-12)14-13-11/h2-6H,1H3. The molecule has 0 saturated heterocycles. The lowest BCUT2D eigenvalue weighted by atomic mass is 10.1. The van der Waals surface area contributed by atoms with E-state index in [1.807, 2.05) is 37.3 Å². The summed E-state index contributed by atoms with van der Waals surface area (Å²) in [6, 6.07) is 11.4. The predicted octanol–water partition coefficient (Wildman–Crippen LogP) is 2.52. The number of rotatable bonds is 1. The maximum Gasteiger partial charge on any atom is 0.236 e. The zero-order valence-corrected chi connectivity index (χ0v) is 7.69. The minimum atomic E-state index is 0.238. The number of nitriles is 1. The number of hydrogen-bond acceptors (Lipinski definition) is 3. The molecule has 0 aliphatic carbocycles. The fourth-order valence-electron chi connectivity index (χ4n) is 1.27. The van der Waals surface area contributed by atoms with E-state index < -0.39 is 0 Å². The second-order valence-electron chi connectivity index (χ2n) is 3.06. The Labute approximate surface area is 81.6 Å². The van der Waals surface area contributed by atoms with Crippen molar-refractivity contribution in [2.24, 2.45) is 0 Å². The zero-order chi connectivity index (χ0) is 9.97. The number of benzene rings is 1. The molecule has 14 heavy (non-hydrogen) atoms. The van der Waals surface area contributed by atoms with Gasteiger partial charge in [0, 0.05) is 11.6 Å². The van der Waals surface area contributed by atoms with Gasteiger partial charge in [-0.1, -0.05) is 28.9 Å². The molecule has 0 aliphatic heterocycles. The van der Waals surface area contributed by atoms with Crippen LogP contribution >= 0.6 is 0 Å². The Morgan fingerprint density at radius 1 is 1.36 bits per heavy atom. The topological polar surface area (TPSA) is 49.8 Å². The molecule has 1 aromatic carbocycles. The van der Waals surface area contributed by atoms with Gasteiger partial charge in [-0.2, -0.15) is 5.26 Å². The molecular weight excluding hydrogens is 176 g/mol. The van der Waals surface area contributed by atoms with Crippen LogP contribution in [-0.4, -0.2) is 5.16 Å². The first-order chi connectivity index (χ1) is 6.79. The van der Waals surface area contributed by atoms with E-state index in [0.717, 1.165) is 11.1 Å². The highest BCUT2D eigenvalue weighted by molar-refractivity contribution is 5.60. The molecule has 1 heterocycles. The van der Waals surface area contributed by atoms with E-state index in [-0.39, 0.29) is 5.76 Å². The van der Waals surface area contributed by atoms with Crippen molar-refractivity contribution in [1.82, 2.24) is 5.16 Å². The van der Waals surface area contributed by atoms with E-state index in [1.54, 1.807) is 6.07 Å². The summed E-state index contributed by atoms with van der Waals surface area (Å²) in [5, 5.41) is 12.4. The van der Waals surface area contributed by atoms with Crippen LogP contribution in [0.1, 0.15) is 11.3 Å². The van der Waals surface area contributed by atoms with Gasteiger partial charge in [0.2, 0.25) is 5.76 Å². The van der Waals surface area contributed by atoms with Gasteiger partial charge >= 0.3 is 0 Å². The van der Waals surface area contributed by atoms with E-state index >= 15 is 0 Å². The Bertz CT molecular complexity index is 494. The Morgan fingerprint density at radius 3 is 2.86 bits per heavy atom. The molecular formula is C11H8N2O. The number of aryl methyl sites for hydroxylation is 1. The van der Waals surface area contributed by atoms with E-state index in [2.05, 4.69) is 5.16 Å². The summed E-state index contributed by atoms with van der Waals surface area (Å²) in [6.07, 6.45) is 0. The van der Waals surface area contributed by atoms with Crippen molar-refractivity contribution in [2.45, 2.75) is 6.92 Å². The Kier molecular flexibility index (Phi) is 2.04. The van der Waals surface area contributed by atoms with Crippen LogP contribution in [0, 0.1) is 18.3 Å². The van der Waals surface area contributed by atoms with Crippen molar-refractivity contribution in [2.75, 3.05) is 0 Å². The summed E-state index contributed by atoms with van der Waals surface area (Å²) in [5.74, 6) is 0.238. The summed E-state index contributed by atoms with van der Waals surface area (Å²) >= 11 is 0. The zero-order valence-electron chi connectivity index (χ0n) is 7.69. The van der Waals surface area contributed by atoms with Gasteiger partial charge in [-0.05, 0) is 13.0 Å². The maximum absolute atomic E-state index is 8.57. The highest BCUT2D eigenvalue weighted by atomic mass is 16.5. The second kappa shape index (κ2) is 3.35. The minimum absolute atomic E-state index is 0.238. The number of hydrogen-bond donors (Lipinski definition) is 0. The summed E-state index contributed by atoms with van der Waals surface area (Å²) in [6.45, 7) is 2.01. The number of aromatic nitrogens is 1. The largest absolute Gasteiger partial charge is 0.345 e. The van der Waals surface area contributed by atoms with Gasteiger partial charge in [0.15, 0.2) is 0 Å². The van der Waals surface area contributed by atoms with Gasteiger partial charge in [0.05, 0.1) is 0 Å². The molecule has 68 valence electrons. The summed E-state index contributed by atoms with van der Waals surface area (Å²) < 4.78 is 4.80. The molecule has 0 unspecified atom stereocenters. The Balaban J connectivity index is 2.45. The number of nitrogens with zero attached hydrogens (tertiary/aromatic N) is 2. The fourth-order valence-corrected chi connectivity index (χ4v) is 1.27. The van der Waals surface area contributed by atoms with Gasteiger partial charge < -0.3 is 4.52 Å². The first-order valence-electron chi connectivity index (χ1n) is 4.23. The van der Waals surface area contributed by atoms with Crippen LogP contribution in [0.4, 0.5) is 0 Å². The monoisotopic (exact) mass is 184 g/mol. The van der Waals surface area contributed by atoms with Crippen molar-refractivity contribution < 1.29 is 4.52 Å². The minimum Gasteiger partial charge on any atom is -0.345 e. The molecule has 0 saturated carbocycles. The van der Waals surface area contributed by atoms with Crippen LogP contribution in [0.15, 0.2) is 34.9 Å². The van der Waals surface area contributed by atoms with E-state index in [0.29, 0.717) is 5.69 Å². The normalized spacial score (nSPS) is 9.71. The third kappa shape index (κ3) is 1.50. The second-order valence-corrected chi connectivity index (χ2v) is 3.06. The first kappa shape index (κ1) is 8.52. The van der Waals surface area contributed by atoms with Crippen molar-refractivity contribution in [3.63, 3.8) is 0 Å². The quantitative estimate of drug-likeness (QED) is 0.684. The fraction of sp³-hybridized carbons (Fsp3) is 0.0909. The van der Waals surface area contributed by atoms with Crippen molar-refractivity contribution in [3.8, 4) is 17.3 Å². The van der Waals surface area contributed by atoms with Gasteiger partial charge in [-0.25, -0.2) is 0 Å². The van der Waals surface area contributed by atoms with Crippen molar-refractivity contribution >= 4 is 0 Å². The molecule has 0 bridgehead atoms. The third-order valence-corrected chi connectivity index (χ3v) is 1.93. The predicted molar refractivity (Wildman–Crippen MR) is 51.4 cm³/mol. The molecule has 3 nitrogen and oxygen atoms in total. The lowest BCUT2D eigenvalue weighted by Crippen LogP contribution is -1.77. The molecule has 0 fully saturated rings. The SMILES string of the molecule is Cc1cccc(-c2cc(C#N)on2)c1. The third-order valence-electron chi connectivity index (χ3n) is 1.93. The average molecular weight is 184 g/mol. The van der Waals surface area contributed by atoms with Gasteiger partial charge in [0.25, 0.3) is 0 Å². The van der Waals surface area contributed by atoms with Gasteiger partial charge in [0.1, 0.15) is 11.8 Å². The van der Waals surface area contributed by atoms with Crippen LogP contribution in [0.5, 0.6) is 0 Å². The smallest absolute Gasteiger partial charge is 0.236 e. The highest BCUT2D eigenvalue weighted by Gasteiger charge is 2.04. The average Bonchev–Trinajstić information content (AvgIpc) is 2.66. The van der Waals surface area contributed by atoms with Crippen molar-refractivity contribution in [1.29, 1.82) is 5.26 Å². The maximum atomic E-state index is 8.57. The Morgan fingerprint density at radius 2 is 2.21 bits per heavy atom. The highest BCUT2D eigenvalue weighted by Crippen LogP contribution is 2.19. The van der Waals surface area contributed by atoms with E-state index in [4.69, 9.17) is 9.78 Å². The van der Waals surface area contributed by atoms with E-state index in [1.165, 1.54) is 0 Å². The molecule has 0 spiro atoms. The summed E-state index contributed by atoms with van der Waals surface area (Å²) in [4.78, 5) is 0. The first-order valence-corrected chi connectivity index (χ1v) is 4.23. The van der Waals surface area contributed by atoms with Crippen molar-refractivity contribution in [3.05, 3.63) is 41.7 Å². The van der Waals surface area contributed by atoms with Gasteiger partial charge in [-0.3, -0.25) is 0 Å². The van der Waals surface area contributed by atoms with Crippen LogP contribution in [0.2, 0.25) is 0 Å². The molecule has 3 heteroatoms. The molecule has 0 atom stereocenters. The molecule has 0 amide bonds. The molecule has 1 aromatic heterocycles. The summed E-state index contributed by atoms with van der Waals surface area (Å²) in [7, 11) is 0. The van der Waals surface area contributed by atoms with Crippen LogP contribution in [0.3, 0.4) is 0 Å². The van der Waals surface area contributed by atoms with Crippen LogP contribution in [-0.2, 0) is 0 Å². The molecule has 2 rings (SSSR count). The molecule has 0 radical (unpaired) electrons.